The first kappa shape index (κ1) is 21.5. The van der Waals surface area contributed by atoms with Crippen molar-refractivity contribution in [1.82, 2.24) is 4.98 Å². The molecule has 154 valence electrons. The van der Waals surface area contributed by atoms with E-state index in [9.17, 15) is 14.4 Å². The van der Waals surface area contributed by atoms with Gasteiger partial charge in [-0.2, -0.15) is 0 Å². The Hall–Kier alpha value is -3.17. The van der Waals surface area contributed by atoms with Crippen LogP contribution in [0.4, 0.5) is 10.8 Å². The average molecular weight is 442 g/mol. The highest BCUT2D eigenvalue weighted by molar-refractivity contribution is 8.00. The number of carbonyl (C=O) groups excluding carboxylic acids is 2. The van der Waals surface area contributed by atoms with Crippen LogP contribution in [0.1, 0.15) is 12.5 Å². The zero-order valence-electron chi connectivity index (χ0n) is 16.2. The SMILES string of the molecule is Cc1ccc2nc(NC(=O)C(C)Sc3ccc(NC(=O)/C=C/C(=O)O)cc3)sc2c1. The molecule has 1 aromatic heterocycles. The summed E-state index contributed by atoms with van der Waals surface area (Å²) in [6, 6.07) is 12.9. The highest BCUT2D eigenvalue weighted by atomic mass is 32.2. The van der Waals surface area contributed by atoms with Crippen LogP contribution >= 0.6 is 23.1 Å². The standard InChI is InChI=1S/C21H19N3O4S2/c1-12-3-8-16-17(11-12)30-21(23-16)24-20(28)13(2)29-15-6-4-14(5-7-15)22-18(25)9-10-19(26)27/h3-11,13H,1-2H3,(H,22,25)(H,26,27)(H,23,24,28)/b10-9+. The average Bonchev–Trinajstić information content (AvgIpc) is 3.09. The highest BCUT2D eigenvalue weighted by Gasteiger charge is 2.16. The molecule has 0 bridgehead atoms. The van der Waals surface area contributed by atoms with Gasteiger partial charge in [0.05, 0.1) is 15.5 Å². The predicted molar refractivity (Wildman–Crippen MR) is 120 cm³/mol. The highest BCUT2D eigenvalue weighted by Crippen LogP contribution is 2.29. The summed E-state index contributed by atoms with van der Waals surface area (Å²) in [7, 11) is 0. The van der Waals surface area contributed by atoms with E-state index in [0.717, 1.165) is 32.8 Å². The van der Waals surface area contributed by atoms with Gasteiger partial charge in [0.25, 0.3) is 0 Å². The molecule has 9 heteroatoms. The van der Waals surface area contributed by atoms with Gasteiger partial charge in [-0.15, -0.1) is 11.8 Å². The van der Waals surface area contributed by atoms with Gasteiger partial charge in [0.2, 0.25) is 11.8 Å². The summed E-state index contributed by atoms with van der Waals surface area (Å²) in [5, 5.41) is 14.2. The smallest absolute Gasteiger partial charge is 0.328 e. The lowest BCUT2D eigenvalue weighted by molar-refractivity contribution is -0.131. The van der Waals surface area contributed by atoms with Gasteiger partial charge in [-0.05, 0) is 55.8 Å². The lowest BCUT2D eigenvalue weighted by Crippen LogP contribution is -2.22. The Morgan fingerprint density at radius 2 is 1.83 bits per heavy atom. The molecule has 0 radical (unpaired) electrons. The number of carboxylic acids is 1. The van der Waals surface area contributed by atoms with Crippen molar-refractivity contribution in [2.75, 3.05) is 10.6 Å². The van der Waals surface area contributed by atoms with Gasteiger partial charge in [-0.1, -0.05) is 17.4 Å². The maximum atomic E-state index is 12.5. The van der Waals surface area contributed by atoms with E-state index in [1.54, 1.807) is 24.3 Å². The fourth-order valence-electron chi connectivity index (χ4n) is 2.50. The molecular formula is C21H19N3O4S2. The van der Waals surface area contributed by atoms with Gasteiger partial charge in [0.1, 0.15) is 0 Å². The summed E-state index contributed by atoms with van der Waals surface area (Å²) in [4.78, 5) is 39.9. The Labute approximate surface area is 181 Å². The first-order valence-corrected chi connectivity index (χ1v) is 10.7. The van der Waals surface area contributed by atoms with E-state index >= 15 is 0 Å². The Kier molecular flexibility index (Phi) is 6.86. The number of fused-ring (bicyclic) bond motifs is 1. The summed E-state index contributed by atoms with van der Waals surface area (Å²) in [5.41, 5.74) is 2.53. The number of carboxylic acid groups (broad SMARTS) is 1. The molecule has 3 N–H and O–H groups in total. The second kappa shape index (κ2) is 9.55. The van der Waals surface area contributed by atoms with Crippen LogP contribution in [-0.4, -0.2) is 33.1 Å². The fraction of sp³-hybridized carbons (Fsp3) is 0.143. The van der Waals surface area contributed by atoms with Gasteiger partial charge < -0.3 is 15.7 Å². The molecule has 0 aliphatic heterocycles. The van der Waals surface area contributed by atoms with Crippen LogP contribution in [0.25, 0.3) is 10.2 Å². The predicted octanol–water partition coefficient (Wildman–Crippen LogP) is 4.30. The zero-order valence-corrected chi connectivity index (χ0v) is 17.8. The molecule has 1 heterocycles. The molecule has 0 spiro atoms. The number of benzene rings is 2. The van der Waals surface area contributed by atoms with Crippen LogP contribution in [-0.2, 0) is 14.4 Å². The number of rotatable bonds is 7. The minimum atomic E-state index is -1.19. The molecule has 1 unspecified atom stereocenters. The zero-order chi connectivity index (χ0) is 21.7. The number of aromatic nitrogens is 1. The van der Waals surface area contributed by atoms with Gasteiger partial charge in [0, 0.05) is 22.7 Å². The van der Waals surface area contributed by atoms with Crippen molar-refractivity contribution < 1.29 is 19.5 Å². The van der Waals surface area contributed by atoms with E-state index in [1.165, 1.54) is 23.1 Å². The molecule has 0 fully saturated rings. The quantitative estimate of drug-likeness (QED) is 0.373. The number of thiazole rings is 1. The first-order chi connectivity index (χ1) is 14.3. The molecule has 0 aliphatic carbocycles. The molecular weight excluding hydrogens is 422 g/mol. The molecule has 3 aromatic rings. The van der Waals surface area contributed by atoms with Crippen molar-refractivity contribution in [3.05, 3.63) is 60.2 Å². The Balaban J connectivity index is 1.56. The van der Waals surface area contributed by atoms with Crippen molar-refractivity contribution in [3.63, 3.8) is 0 Å². The van der Waals surface area contributed by atoms with Crippen molar-refractivity contribution in [1.29, 1.82) is 0 Å². The number of nitrogens with one attached hydrogen (secondary N) is 2. The Morgan fingerprint density at radius 1 is 1.10 bits per heavy atom. The number of aliphatic carboxylic acids is 1. The summed E-state index contributed by atoms with van der Waals surface area (Å²) in [6.45, 7) is 3.82. The molecule has 1 atom stereocenters. The Morgan fingerprint density at radius 3 is 2.53 bits per heavy atom. The number of carbonyl (C=O) groups is 3. The van der Waals surface area contributed by atoms with Crippen LogP contribution < -0.4 is 10.6 Å². The second-order valence-electron chi connectivity index (χ2n) is 6.42. The van der Waals surface area contributed by atoms with Gasteiger partial charge in [0.15, 0.2) is 5.13 Å². The molecule has 3 rings (SSSR count). The largest absolute Gasteiger partial charge is 0.478 e. The third-order valence-electron chi connectivity index (χ3n) is 3.96. The number of thioether (sulfide) groups is 1. The number of anilines is 2. The second-order valence-corrected chi connectivity index (χ2v) is 8.87. The number of hydrogen-bond donors (Lipinski definition) is 3. The van der Waals surface area contributed by atoms with E-state index in [4.69, 9.17) is 5.11 Å². The summed E-state index contributed by atoms with van der Waals surface area (Å²) >= 11 is 2.82. The molecule has 0 aliphatic rings. The van der Waals surface area contributed by atoms with E-state index < -0.39 is 11.9 Å². The minimum absolute atomic E-state index is 0.146. The van der Waals surface area contributed by atoms with E-state index in [1.807, 2.05) is 32.0 Å². The minimum Gasteiger partial charge on any atom is -0.478 e. The van der Waals surface area contributed by atoms with Crippen molar-refractivity contribution in [2.24, 2.45) is 0 Å². The van der Waals surface area contributed by atoms with Gasteiger partial charge >= 0.3 is 5.97 Å². The lowest BCUT2D eigenvalue weighted by Gasteiger charge is -2.11. The topological polar surface area (TPSA) is 108 Å². The molecule has 7 nitrogen and oxygen atoms in total. The summed E-state index contributed by atoms with van der Waals surface area (Å²) < 4.78 is 1.03. The fourth-order valence-corrected chi connectivity index (χ4v) is 4.33. The molecule has 2 amide bonds. The maximum Gasteiger partial charge on any atom is 0.328 e. The normalized spacial score (nSPS) is 12.1. The van der Waals surface area contributed by atoms with E-state index in [0.29, 0.717) is 10.8 Å². The van der Waals surface area contributed by atoms with E-state index in [2.05, 4.69) is 15.6 Å². The molecule has 2 aromatic carbocycles. The van der Waals surface area contributed by atoms with Crippen molar-refractivity contribution >= 4 is 61.9 Å². The molecule has 30 heavy (non-hydrogen) atoms. The van der Waals surface area contributed by atoms with Crippen LogP contribution in [0, 0.1) is 6.92 Å². The van der Waals surface area contributed by atoms with Gasteiger partial charge in [-0.3, -0.25) is 9.59 Å². The third kappa shape index (κ3) is 5.91. The summed E-state index contributed by atoms with van der Waals surface area (Å²) in [6.07, 6.45) is 1.72. The van der Waals surface area contributed by atoms with E-state index in [-0.39, 0.29) is 11.2 Å². The summed E-state index contributed by atoms with van der Waals surface area (Å²) in [5.74, 6) is -1.87. The van der Waals surface area contributed by atoms with Crippen LogP contribution in [0.2, 0.25) is 0 Å². The van der Waals surface area contributed by atoms with Gasteiger partial charge in [-0.25, -0.2) is 9.78 Å². The Bertz CT molecular complexity index is 1120. The molecule has 0 saturated carbocycles. The van der Waals surface area contributed by atoms with Crippen molar-refractivity contribution in [2.45, 2.75) is 24.0 Å². The third-order valence-corrected chi connectivity index (χ3v) is 6.00. The number of nitrogens with zero attached hydrogens (tertiary/aromatic N) is 1. The van der Waals surface area contributed by atoms with Crippen molar-refractivity contribution in [3.8, 4) is 0 Å². The first-order valence-electron chi connectivity index (χ1n) is 8.97. The number of amides is 2. The van der Waals surface area contributed by atoms with Crippen LogP contribution in [0.5, 0.6) is 0 Å². The van der Waals surface area contributed by atoms with Crippen LogP contribution in [0.15, 0.2) is 59.5 Å². The lowest BCUT2D eigenvalue weighted by atomic mass is 10.2. The number of aryl methyl sites for hydroxylation is 1. The molecule has 0 saturated heterocycles. The maximum absolute atomic E-state index is 12.5. The number of hydrogen-bond acceptors (Lipinski definition) is 6. The monoisotopic (exact) mass is 441 g/mol. The van der Waals surface area contributed by atoms with Crippen LogP contribution in [0.3, 0.4) is 0 Å².